The number of nitriles is 1. The summed E-state index contributed by atoms with van der Waals surface area (Å²) >= 11 is 0. The number of aromatic nitrogens is 1. The zero-order chi connectivity index (χ0) is 21.6. The molecule has 1 N–H and O–H groups in total. The second-order valence-electron chi connectivity index (χ2n) is 7.63. The molecular formula is C25H24N4O2. The van der Waals surface area contributed by atoms with Crippen molar-refractivity contribution in [3.63, 3.8) is 0 Å². The molecule has 0 aliphatic carbocycles. The van der Waals surface area contributed by atoms with E-state index >= 15 is 0 Å². The lowest BCUT2D eigenvalue weighted by Crippen LogP contribution is -2.30. The molecule has 2 aromatic carbocycles. The Morgan fingerprint density at radius 3 is 2.52 bits per heavy atom. The highest BCUT2D eigenvalue weighted by Crippen LogP contribution is 2.28. The molecule has 6 heteroatoms. The molecule has 0 spiro atoms. The number of hydrogen-bond donors (Lipinski definition) is 1. The molecule has 31 heavy (non-hydrogen) atoms. The molecule has 0 unspecified atom stereocenters. The number of nitrogens with zero attached hydrogens (tertiary/aromatic N) is 3. The van der Waals surface area contributed by atoms with Gasteiger partial charge in [0.05, 0.1) is 23.5 Å². The van der Waals surface area contributed by atoms with Gasteiger partial charge in [0.2, 0.25) is 0 Å². The van der Waals surface area contributed by atoms with E-state index in [9.17, 15) is 4.79 Å². The van der Waals surface area contributed by atoms with Crippen LogP contribution in [0.4, 0.5) is 16.3 Å². The molecule has 0 radical (unpaired) electrons. The van der Waals surface area contributed by atoms with Crippen molar-refractivity contribution < 1.29 is 9.53 Å². The maximum Gasteiger partial charge on any atom is 0.417 e. The number of carbonyl (C=O) groups is 1. The van der Waals surface area contributed by atoms with Crippen molar-refractivity contribution in [2.45, 2.75) is 26.2 Å². The van der Waals surface area contributed by atoms with E-state index in [0.717, 1.165) is 35.6 Å². The van der Waals surface area contributed by atoms with Crippen LogP contribution in [0.25, 0.3) is 11.1 Å². The Morgan fingerprint density at radius 1 is 1.06 bits per heavy atom. The number of hydrogen-bond acceptors (Lipinski definition) is 5. The van der Waals surface area contributed by atoms with Crippen LogP contribution >= 0.6 is 0 Å². The molecule has 156 valence electrons. The molecular weight excluding hydrogens is 388 g/mol. The van der Waals surface area contributed by atoms with Crippen LogP contribution in [-0.2, 0) is 0 Å². The van der Waals surface area contributed by atoms with Crippen molar-refractivity contribution in [3.05, 3.63) is 71.9 Å². The summed E-state index contributed by atoms with van der Waals surface area (Å²) in [6.45, 7) is 4.04. The van der Waals surface area contributed by atoms with Crippen LogP contribution in [-0.4, -0.2) is 24.2 Å². The van der Waals surface area contributed by atoms with Crippen molar-refractivity contribution >= 4 is 17.6 Å². The van der Waals surface area contributed by atoms with Crippen LogP contribution in [0.5, 0.6) is 5.75 Å². The van der Waals surface area contributed by atoms with Gasteiger partial charge in [0.15, 0.2) is 0 Å². The molecule has 1 aliphatic rings. The van der Waals surface area contributed by atoms with Gasteiger partial charge < -0.3 is 9.64 Å². The highest BCUT2D eigenvalue weighted by atomic mass is 16.6. The summed E-state index contributed by atoms with van der Waals surface area (Å²) in [5.41, 5.74) is 4.15. The summed E-state index contributed by atoms with van der Waals surface area (Å²) in [4.78, 5) is 19.1. The summed E-state index contributed by atoms with van der Waals surface area (Å²) < 4.78 is 5.49. The molecule has 0 saturated carbocycles. The topological polar surface area (TPSA) is 78.2 Å². The van der Waals surface area contributed by atoms with E-state index in [4.69, 9.17) is 10.00 Å². The average Bonchev–Trinajstić information content (AvgIpc) is 2.81. The fraction of sp³-hybridized carbons (Fsp3) is 0.240. The Balaban J connectivity index is 1.42. The van der Waals surface area contributed by atoms with E-state index in [1.54, 1.807) is 24.4 Å². The first-order valence-corrected chi connectivity index (χ1v) is 10.4. The number of rotatable bonds is 4. The smallest absolute Gasteiger partial charge is 0.410 e. The lowest BCUT2D eigenvalue weighted by atomic mass is 9.99. The maximum absolute atomic E-state index is 12.4. The number of aryl methyl sites for hydroxylation is 1. The first-order valence-electron chi connectivity index (χ1n) is 10.4. The van der Waals surface area contributed by atoms with Gasteiger partial charge >= 0.3 is 6.09 Å². The third-order valence-corrected chi connectivity index (χ3v) is 5.42. The van der Waals surface area contributed by atoms with E-state index in [2.05, 4.69) is 21.3 Å². The number of piperidine rings is 1. The normalized spacial score (nSPS) is 13.4. The van der Waals surface area contributed by atoms with Crippen molar-refractivity contribution in [2.24, 2.45) is 0 Å². The number of amides is 1. The van der Waals surface area contributed by atoms with E-state index in [-0.39, 0.29) is 0 Å². The highest BCUT2D eigenvalue weighted by Gasteiger charge is 2.13. The lowest BCUT2D eigenvalue weighted by molar-refractivity contribution is 0.215. The summed E-state index contributed by atoms with van der Waals surface area (Å²) in [5.74, 6) is 1.38. The molecule has 1 aromatic heterocycles. The molecule has 0 bridgehead atoms. The van der Waals surface area contributed by atoms with Crippen LogP contribution in [0.3, 0.4) is 0 Å². The number of anilines is 2. The Kier molecular flexibility index (Phi) is 6.13. The standard InChI is InChI=1S/C25H24N4O2/c1-18-5-11-22(15-23(18)20-8-6-19(16-26)7-9-20)31-25(30)28-21-10-12-24(27-17-21)29-13-3-2-4-14-29/h5-12,15,17H,2-4,13-14H2,1H3,(H,28,30). The van der Waals surface area contributed by atoms with Crippen LogP contribution in [0.1, 0.15) is 30.4 Å². The Morgan fingerprint density at radius 2 is 1.84 bits per heavy atom. The van der Waals surface area contributed by atoms with E-state index in [0.29, 0.717) is 17.0 Å². The maximum atomic E-state index is 12.4. The van der Waals surface area contributed by atoms with E-state index in [1.807, 2.05) is 43.3 Å². The molecule has 1 saturated heterocycles. The predicted octanol–water partition coefficient (Wildman–Crippen LogP) is 5.53. The van der Waals surface area contributed by atoms with Crippen LogP contribution in [0, 0.1) is 18.3 Å². The van der Waals surface area contributed by atoms with Crippen LogP contribution in [0.2, 0.25) is 0 Å². The molecule has 4 rings (SSSR count). The summed E-state index contributed by atoms with van der Waals surface area (Å²) in [6, 6.07) is 18.7. The first-order chi connectivity index (χ1) is 15.1. The third-order valence-electron chi connectivity index (χ3n) is 5.42. The highest BCUT2D eigenvalue weighted by molar-refractivity contribution is 5.86. The average molecular weight is 412 g/mol. The van der Waals surface area contributed by atoms with Gasteiger partial charge in [-0.05, 0) is 79.3 Å². The minimum atomic E-state index is -0.567. The summed E-state index contributed by atoms with van der Waals surface area (Å²) in [7, 11) is 0. The number of ether oxygens (including phenoxy) is 1. The van der Waals surface area contributed by atoms with Crippen molar-refractivity contribution in [1.82, 2.24) is 4.98 Å². The van der Waals surface area contributed by atoms with Gasteiger partial charge in [-0.2, -0.15) is 5.26 Å². The summed E-state index contributed by atoms with van der Waals surface area (Å²) in [5, 5.41) is 11.7. The molecule has 1 amide bonds. The fourth-order valence-electron chi connectivity index (χ4n) is 3.72. The summed E-state index contributed by atoms with van der Waals surface area (Å²) in [6.07, 6.45) is 4.74. The number of pyridine rings is 1. The van der Waals surface area contributed by atoms with Gasteiger partial charge in [-0.25, -0.2) is 9.78 Å². The van der Waals surface area contributed by atoms with Crippen molar-refractivity contribution in [1.29, 1.82) is 5.26 Å². The molecule has 3 aromatic rings. The fourth-order valence-corrected chi connectivity index (χ4v) is 3.72. The van der Waals surface area contributed by atoms with Gasteiger partial charge in [-0.15, -0.1) is 0 Å². The van der Waals surface area contributed by atoms with E-state index in [1.165, 1.54) is 19.3 Å². The second kappa shape index (κ2) is 9.31. The number of benzene rings is 2. The van der Waals surface area contributed by atoms with Crippen LogP contribution in [0.15, 0.2) is 60.8 Å². The van der Waals surface area contributed by atoms with Gasteiger partial charge in [0.1, 0.15) is 11.6 Å². The molecule has 6 nitrogen and oxygen atoms in total. The minimum Gasteiger partial charge on any atom is -0.410 e. The first kappa shape index (κ1) is 20.4. The second-order valence-corrected chi connectivity index (χ2v) is 7.63. The van der Waals surface area contributed by atoms with Gasteiger partial charge in [0.25, 0.3) is 0 Å². The van der Waals surface area contributed by atoms with Gasteiger partial charge in [-0.3, -0.25) is 5.32 Å². The zero-order valence-electron chi connectivity index (χ0n) is 17.5. The number of nitrogens with one attached hydrogen (secondary N) is 1. The van der Waals surface area contributed by atoms with Gasteiger partial charge in [0, 0.05) is 13.1 Å². The minimum absolute atomic E-state index is 0.445. The Labute approximate surface area is 182 Å². The van der Waals surface area contributed by atoms with E-state index < -0.39 is 6.09 Å². The van der Waals surface area contributed by atoms with Crippen molar-refractivity contribution in [2.75, 3.05) is 23.3 Å². The number of carbonyl (C=O) groups excluding carboxylic acids is 1. The zero-order valence-corrected chi connectivity index (χ0v) is 17.5. The lowest BCUT2D eigenvalue weighted by Gasteiger charge is -2.27. The Bertz CT molecular complexity index is 1100. The third kappa shape index (κ3) is 5.01. The Hall–Kier alpha value is -3.85. The van der Waals surface area contributed by atoms with Crippen molar-refractivity contribution in [3.8, 4) is 22.9 Å². The molecule has 1 aliphatic heterocycles. The monoisotopic (exact) mass is 412 g/mol. The quantitative estimate of drug-likeness (QED) is 0.609. The molecule has 2 heterocycles. The predicted molar refractivity (Wildman–Crippen MR) is 121 cm³/mol. The molecule has 1 fully saturated rings. The largest absolute Gasteiger partial charge is 0.417 e. The van der Waals surface area contributed by atoms with Gasteiger partial charge in [-0.1, -0.05) is 18.2 Å². The SMILES string of the molecule is Cc1ccc(OC(=O)Nc2ccc(N3CCCCC3)nc2)cc1-c1ccc(C#N)cc1. The molecule has 0 atom stereocenters. The van der Waals surface area contributed by atoms with Crippen LogP contribution < -0.4 is 15.0 Å².